The van der Waals surface area contributed by atoms with Crippen LogP contribution in [-0.2, 0) is 0 Å². The third-order valence-corrected chi connectivity index (χ3v) is 6.00. The summed E-state index contributed by atoms with van der Waals surface area (Å²) < 4.78 is 1.90. The van der Waals surface area contributed by atoms with E-state index in [1.165, 1.54) is 0 Å². The van der Waals surface area contributed by atoms with E-state index in [0.717, 1.165) is 67.3 Å². The van der Waals surface area contributed by atoms with E-state index in [1.54, 1.807) is 0 Å². The van der Waals surface area contributed by atoms with Crippen LogP contribution < -0.4 is 10.2 Å². The van der Waals surface area contributed by atoms with Crippen molar-refractivity contribution in [3.63, 3.8) is 0 Å². The summed E-state index contributed by atoms with van der Waals surface area (Å²) in [5.74, 6) is 2.05. The van der Waals surface area contributed by atoms with Crippen LogP contribution in [0, 0.1) is 0 Å². The Hall–Kier alpha value is -3.16. The molecule has 2 amide bonds. The fraction of sp³-hybridized carbons (Fsp3) is 0.500. The molecule has 0 radical (unpaired) electrons. The number of para-hydroxylation sites is 1. The number of nitrogens with one attached hydrogen (secondary N) is 1. The summed E-state index contributed by atoms with van der Waals surface area (Å²) >= 11 is 0. The molecule has 1 saturated heterocycles. The first-order valence-electron chi connectivity index (χ1n) is 11.7. The van der Waals surface area contributed by atoms with Crippen molar-refractivity contribution in [2.75, 3.05) is 37.6 Å². The van der Waals surface area contributed by atoms with Crippen LogP contribution in [0.25, 0.3) is 16.7 Å². The standard InChI is InChI=1S/C24H33N7O/c1-4-10-18(3)21-27-22(29-13-9-14-30(16-15-29)24(32)25-5-2)20-17-26-31(23(20)28-21)19-11-7-6-8-12-19/h6-8,11-12,17-18H,4-5,9-10,13-16H2,1-3H3,(H,25,32)/t18-/m1/s1. The minimum absolute atomic E-state index is 0.0105. The van der Waals surface area contributed by atoms with Gasteiger partial charge in [-0.05, 0) is 31.9 Å². The van der Waals surface area contributed by atoms with Crippen molar-refractivity contribution < 1.29 is 4.79 Å². The number of anilines is 1. The lowest BCUT2D eigenvalue weighted by Gasteiger charge is -2.24. The first-order chi connectivity index (χ1) is 15.6. The molecule has 0 saturated carbocycles. The van der Waals surface area contributed by atoms with Crippen molar-refractivity contribution in [3.05, 3.63) is 42.4 Å². The zero-order valence-corrected chi connectivity index (χ0v) is 19.3. The second-order valence-electron chi connectivity index (χ2n) is 8.39. The maximum atomic E-state index is 12.3. The third-order valence-electron chi connectivity index (χ3n) is 6.00. The summed E-state index contributed by atoms with van der Waals surface area (Å²) in [5.41, 5.74) is 1.82. The normalized spacial score (nSPS) is 15.6. The highest BCUT2D eigenvalue weighted by molar-refractivity contribution is 5.88. The van der Waals surface area contributed by atoms with Crippen molar-refractivity contribution in [3.8, 4) is 5.69 Å². The molecule has 1 atom stereocenters. The van der Waals surface area contributed by atoms with Crippen LogP contribution in [0.5, 0.6) is 0 Å². The molecular formula is C24H33N7O. The van der Waals surface area contributed by atoms with Crippen molar-refractivity contribution in [2.45, 2.75) is 46.0 Å². The Bertz CT molecular complexity index is 1050. The van der Waals surface area contributed by atoms with Gasteiger partial charge >= 0.3 is 6.03 Å². The molecular weight excluding hydrogens is 402 g/mol. The zero-order chi connectivity index (χ0) is 22.5. The Morgan fingerprint density at radius 2 is 1.91 bits per heavy atom. The van der Waals surface area contributed by atoms with Crippen molar-refractivity contribution >= 4 is 22.9 Å². The van der Waals surface area contributed by atoms with Gasteiger partial charge in [-0.1, -0.05) is 38.5 Å². The maximum absolute atomic E-state index is 12.3. The smallest absolute Gasteiger partial charge is 0.317 e. The van der Waals surface area contributed by atoms with E-state index in [0.29, 0.717) is 13.1 Å². The molecule has 1 aliphatic rings. The van der Waals surface area contributed by atoms with E-state index in [-0.39, 0.29) is 11.9 Å². The molecule has 4 rings (SSSR count). The Morgan fingerprint density at radius 1 is 1.09 bits per heavy atom. The number of fused-ring (bicyclic) bond motifs is 1. The molecule has 8 nitrogen and oxygen atoms in total. The predicted molar refractivity (Wildman–Crippen MR) is 127 cm³/mol. The fourth-order valence-electron chi connectivity index (χ4n) is 4.29. The van der Waals surface area contributed by atoms with Gasteiger partial charge < -0.3 is 15.1 Å². The molecule has 0 spiro atoms. The average molecular weight is 436 g/mol. The quantitative estimate of drug-likeness (QED) is 0.634. The first-order valence-corrected chi connectivity index (χ1v) is 11.7. The molecule has 1 N–H and O–H groups in total. The van der Waals surface area contributed by atoms with Crippen LogP contribution >= 0.6 is 0 Å². The van der Waals surface area contributed by atoms with E-state index >= 15 is 0 Å². The summed E-state index contributed by atoms with van der Waals surface area (Å²) in [6.45, 7) is 9.97. The van der Waals surface area contributed by atoms with Gasteiger partial charge in [0.1, 0.15) is 11.6 Å². The summed E-state index contributed by atoms with van der Waals surface area (Å²) in [5, 5.41) is 8.54. The van der Waals surface area contributed by atoms with E-state index in [9.17, 15) is 4.79 Å². The van der Waals surface area contributed by atoms with Gasteiger partial charge in [0.15, 0.2) is 5.65 Å². The monoisotopic (exact) mass is 435 g/mol. The zero-order valence-electron chi connectivity index (χ0n) is 19.3. The van der Waals surface area contributed by atoms with Gasteiger partial charge in [-0.15, -0.1) is 0 Å². The molecule has 1 aromatic carbocycles. The highest BCUT2D eigenvalue weighted by Crippen LogP contribution is 2.29. The molecule has 0 aliphatic carbocycles. The minimum atomic E-state index is 0.0105. The summed E-state index contributed by atoms with van der Waals surface area (Å²) in [7, 11) is 0. The Morgan fingerprint density at radius 3 is 2.66 bits per heavy atom. The van der Waals surface area contributed by atoms with Gasteiger partial charge in [-0.2, -0.15) is 5.10 Å². The molecule has 3 aromatic rings. The molecule has 0 unspecified atom stereocenters. The van der Waals surface area contributed by atoms with Gasteiger partial charge in [0.2, 0.25) is 0 Å². The first kappa shape index (κ1) is 22.0. The van der Waals surface area contributed by atoms with Crippen LogP contribution in [0.2, 0.25) is 0 Å². The average Bonchev–Trinajstić information content (AvgIpc) is 3.08. The highest BCUT2D eigenvalue weighted by atomic mass is 16.2. The van der Waals surface area contributed by atoms with Crippen LogP contribution in [-0.4, -0.2) is 63.4 Å². The fourth-order valence-corrected chi connectivity index (χ4v) is 4.29. The largest absolute Gasteiger partial charge is 0.354 e. The Balaban J connectivity index is 1.73. The van der Waals surface area contributed by atoms with Crippen molar-refractivity contribution in [1.82, 2.24) is 30.0 Å². The number of aromatic nitrogens is 4. The maximum Gasteiger partial charge on any atom is 0.317 e. The van der Waals surface area contributed by atoms with Crippen LogP contribution in [0.1, 0.15) is 51.8 Å². The molecule has 1 aliphatic heterocycles. The van der Waals surface area contributed by atoms with E-state index in [2.05, 4.69) is 29.2 Å². The molecule has 0 bridgehead atoms. The second kappa shape index (κ2) is 9.97. The van der Waals surface area contributed by atoms with Crippen LogP contribution in [0.3, 0.4) is 0 Å². The number of amides is 2. The SMILES string of the molecule is CCC[C@@H](C)c1nc(N2CCCN(C(=O)NCC)CC2)c2cnn(-c3ccccc3)c2n1. The van der Waals surface area contributed by atoms with Gasteiger partial charge in [-0.3, -0.25) is 0 Å². The number of nitrogens with zero attached hydrogens (tertiary/aromatic N) is 6. The number of rotatable bonds is 6. The van der Waals surface area contributed by atoms with Crippen molar-refractivity contribution in [1.29, 1.82) is 0 Å². The summed E-state index contributed by atoms with van der Waals surface area (Å²) in [6.07, 6.45) is 4.89. The van der Waals surface area contributed by atoms with Gasteiger partial charge in [0, 0.05) is 38.6 Å². The lowest BCUT2D eigenvalue weighted by atomic mass is 10.1. The van der Waals surface area contributed by atoms with E-state index in [1.807, 2.05) is 53.0 Å². The molecule has 3 heterocycles. The predicted octanol–water partition coefficient (Wildman–Crippen LogP) is 3.96. The number of carbonyl (C=O) groups excluding carboxylic acids is 1. The molecule has 2 aromatic heterocycles. The number of hydrogen-bond donors (Lipinski definition) is 1. The molecule has 1 fully saturated rings. The Labute approximate surface area is 189 Å². The lowest BCUT2D eigenvalue weighted by Crippen LogP contribution is -2.42. The Kier molecular flexibility index (Phi) is 6.87. The van der Waals surface area contributed by atoms with Gasteiger partial charge in [0.25, 0.3) is 0 Å². The van der Waals surface area contributed by atoms with Crippen LogP contribution in [0.15, 0.2) is 36.5 Å². The number of urea groups is 1. The number of carbonyl (C=O) groups is 1. The third kappa shape index (κ3) is 4.54. The van der Waals surface area contributed by atoms with Crippen molar-refractivity contribution in [2.24, 2.45) is 0 Å². The second-order valence-corrected chi connectivity index (χ2v) is 8.39. The topological polar surface area (TPSA) is 79.2 Å². The molecule has 8 heteroatoms. The van der Waals surface area contributed by atoms with Crippen LogP contribution in [0.4, 0.5) is 10.6 Å². The van der Waals surface area contributed by atoms with Gasteiger partial charge in [-0.25, -0.2) is 19.4 Å². The number of hydrogen-bond acceptors (Lipinski definition) is 5. The highest BCUT2D eigenvalue weighted by Gasteiger charge is 2.24. The van der Waals surface area contributed by atoms with E-state index < -0.39 is 0 Å². The van der Waals surface area contributed by atoms with Gasteiger partial charge in [0.05, 0.1) is 17.3 Å². The summed E-state index contributed by atoms with van der Waals surface area (Å²) in [6, 6.07) is 10.1. The molecule has 32 heavy (non-hydrogen) atoms. The lowest BCUT2D eigenvalue weighted by molar-refractivity contribution is 0.202. The summed E-state index contributed by atoms with van der Waals surface area (Å²) in [4.78, 5) is 26.5. The number of benzene rings is 1. The minimum Gasteiger partial charge on any atom is -0.354 e. The van der Waals surface area contributed by atoms with E-state index in [4.69, 9.17) is 9.97 Å². The molecule has 170 valence electrons.